The van der Waals surface area contributed by atoms with Gasteiger partial charge in [-0.1, -0.05) is 12.2 Å². The first kappa shape index (κ1) is 29.4. The summed E-state index contributed by atoms with van der Waals surface area (Å²) in [5.74, 6) is -0.155. The van der Waals surface area contributed by atoms with Crippen molar-refractivity contribution in [2.75, 3.05) is 24.7 Å². The highest BCUT2D eigenvalue weighted by molar-refractivity contribution is 8.44. The number of H-pyrrole nitrogens is 1. The zero-order chi connectivity index (χ0) is 31.0. The molecule has 0 saturated carbocycles. The molecule has 0 aromatic carbocycles. The third-order valence-electron chi connectivity index (χ3n) is 7.22. The molecular formula is C20H23FN11O9PS2. The molecule has 4 aromatic rings. The Morgan fingerprint density at radius 3 is 2.57 bits per heavy atom. The summed E-state index contributed by atoms with van der Waals surface area (Å²) in [4.78, 5) is 34.7. The monoisotopic (exact) mass is 675 g/mol. The molecule has 4 aromatic heterocycles. The molecule has 0 unspecified atom stereocenters. The zero-order valence-electron chi connectivity index (χ0n) is 22.0. The fraction of sp³-hybridized carbons (Fsp3) is 0.500. The molecule has 44 heavy (non-hydrogen) atoms. The number of aromatic nitrogens is 8. The minimum atomic E-state index is -4.62. The summed E-state index contributed by atoms with van der Waals surface area (Å²) in [6.07, 6.45) is -4.47. The van der Waals surface area contributed by atoms with Gasteiger partial charge in [0, 0.05) is 6.42 Å². The number of hydrogen-bond donors (Lipinski definition) is 5. The van der Waals surface area contributed by atoms with Gasteiger partial charge in [0.25, 0.3) is 5.56 Å². The maximum absolute atomic E-state index is 15.9. The molecule has 3 saturated heterocycles. The van der Waals surface area contributed by atoms with E-state index in [0.29, 0.717) is 0 Å². The van der Waals surface area contributed by atoms with Crippen LogP contribution in [0.4, 0.5) is 16.2 Å². The Balaban J connectivity index is 1.19. The largest absolute Gasteiger partial charge is 0.386 e. The molecule has 236 valence electrons. The first-order valence-electron chi connectivity index (χ1n) is 12.8. The lowest BCUT2D eigenvalue weighted by Gasteiger charge is -2.25. The van der Waals surface area contributed by atoms with E-state index in [1.54, 1.807) is 0 Å². The SMILES string of the molecule is Nc1nc2c(ncn2[C@@H]2O[C@@H]3COS(=O)(=O)N[C@H]4[C@@H](F)[C@H](n5cnc6c(N)ncnc65)O[C@@H]4CO[P@@](=O)(S)O[C@@H]2C3)c(=O)[nH]1. The summed E-state index contributed by atoms with van der Waals surface area (Å²) >= 11 is 4.09. The second kappa shape index (κ2) is 10.7. The number of aromatic amines is 1. The van der Waals surface area contributed by atoms with E-state index in [1.807, 2.05) is 0 Å². The Labute approximate surface area is 250 Å². The molecule has 0 amide bonds. The van der Waals surface area contributed by atoms with Crippen molar-refractivity contribution >= 4 is 63.4 Å². The first-order chi connectivity index (χ1) is 20.9. The van der Waals surface area contributed by atoms with Crippen molar-refractivity contribution in [2.45, 2.75) is 49.4 Å². The molecular weight excluding hydrogens is 652 g/mol. The van der Waals surface area contributed by atoms with Gasteiger partial charge in [-0.25, -0.2) is 28.9 Å². The van der Waals surface area contributed by atoms with E-state index in [-0.39, 0.29) is 40.5 Å². The van der Waals surface area contributed by atoms with Gasteiger partial charge in [-0.3, -0.25) is 32.1 Å². The number of nitrogens with two attached hydrogens (primary N) is 2. The van der Waals surface area contributed by atoms with E-state index in [1.165, 1.54) is 21.8 Å². The second-order valence-electron chi connectivity index (χ2n) is 10.0. The van der Waals surface area contributed by atoms with Crippen LogP contribution in [0.5, 0.6) is 0 Å². The van der Waals surface area contributed by atoms with E-state index < -0.39 is 78.9 Å². The van der Waals surface area contributed by atoms with Gasteiger partial charge in [0.05, 0.1) is 38.0 Å². The predicted octanol–water partition coefficient (Wildman–Crippen LogP) is -0.680. The average molecular weight is 676 g/mol. The highest BCUT2D eigenvalue weighted by atomic mass is 32.7. The smallest absolute Gasteiger partial charge is 0.382 e. The molecule has 3 aliphatic rings. The van der Waals surface area contributed by atoms with Gasteiger partial charge in [0.1, 0.15) is 24.1 Å². The molecule has 20 nitrogen and oxygen atoms in total. The second-order valence-corrected chi connectivity index (χ2v) is 14.3. The van der Waals surface area contributed by atoms with Crippen LogP contribution in [0.3, 0.4) is 0 Å². The van der Waals surface area contributed by atoms with Crippen LogP contribution in [0.15, 0.2) is 23.8 Å². The van der Waals surface area contributed by atoms with Crippen molar-refractivity contribution in [2.24, 2.45) is 0 Å². The number of thiol groups is 1. The summed E-state index contributed by atoms with van der Waals surface area (Å²) < 4.78 is 88.2. The maximum atomic E-state index is 15.9. The molecule has 3 aliphatic heterocycles. The van der Waals surface area contributed by atoms with Gasteiger partial charge in [-0.05, 0) is 0 Å². The number of halogens is 1. The van der Waals surface area contributed by atoms with E-state index >= 15 is 4.39 Å². The quantitative estimate of drug-likeness (QED) is 0.130. The molecule has 0 spiro atoms. The highest BCUT2D eigenvalue weighted by Crippen LogP contribution is 2.57. The van der Waals surface area contributed by atoms with Gasteiger partial charge >= 0.3 is 17.1 Å². The van der Waals surface area contributed by atoms with Gasteiger partial charge in [-0.2, -0.15) is 18.1 Å². The standard InChI is InChI=1S/C20H23FN11O9PS2/c21-10-11-9(40-19(10)31-5-26-12-14(22)24-4-25-15(12)31)3-37-42(34,43)41-8-1-7(2-38-44(35,36)30-11)39-18(8)32-6-27-13-16(32)28-20(23)29-17(13)33/h4-11,18-19,30H,1-3H2,(H,34,43)(H2,22,24,25)(H3,23,28,29,33)/t7-,8+,9+,10+,11+,18+,19+,42+/m0/s1. The molecule has 7 rings (SSSR count). The van der Waals surface area contributed by atoms with Crippen LogP contribution < -0.4 is 21.7 Å². The third-order valence-corrected chi connectivity index (χ3v) is 9.87. The molecule has 0 aliphatic carbocycles. The summed E-state index contributed by atoms with van der Waals surface area (Å²) in [5.41, 5.74) is 11.2. The van der Waals surface area contributed by atoms with Crippen LogP contribution in [-0.2, 0) is 37.6 Å². The van der Waals surface area contributed by atoms with Gasteiger partial charge in [0.2, 0.25) is 5.95 Å². The van der Waals surface area contributed by atoms with Crippen LogP contribution in [0.2, 0.25) is 0 Å². The van der Waals surface area contributed by atoms with Gasteiger partial charge in [0.15, 0.2) is 41.3 Å². The van der Waals surface area contributed by atoms with Crippen LogP contribution >= 0.6 is 19.0 Å². The highest BCUT2D eigenvalue weighted by Gasteiger charge is 2.50. The number of nitrogens with zero attached hydrogens (tertiary/aromatic N) is 7. The van der Waals surface area contributed by atoms with Crippen molar-refractivity contribution in [1.29, 1.82) is 0 Å². The molecule has 3 fully saturated rings. The number of ether oxygens (including phenoxy) is 2. The molecule has 0 radical (unpaired) electrons. The number of nitrogens with one attached hydrogen (secondary N) is 2. The lowest BCUT2D eigenvalue weighted by molar-refractivity contribution is -0.0481. The van der Waals surface area contributed by atoms with Crippen molar-refractivity contribution in [3.63, 3.8) is 0 Å². The maximum Gasteiger partial charge on any atom is 0.386 e. The lowest BCUT2D eigenvalue weighted by atomic mass is 10.1. The van der Waals surface area contributed by atoms with Crippen molar-refractivity contribution < 1.29 is 40.1 Å². The van der Waals surface area contributed by atoms with E-state index in [0.717, 1.165) is 6.33 Å². The lowest BCUT2D eigenvalue weighted by Crippen LogP contribution is -2.48. The van der Waals surface area contributed by atoms with Crippen LogP contribution in [0.1, 0.15) is 18.9 Å². The van der Waals surface area contributed by atoms with E-state index in [2.05, 4.69) is 46.9 Å². The molecule has 7 heterocycles. The zero-order valence-corrected chi connectivity index (χ0v) is 24.6. The van der Waals surface area contributed by atoms with Crippen molar-refractivity contribution in [3.05, 3.63) is 29.3 Å². The summed E-state index contributed by atoms with van der Waals surface area (Å²) in [6, 6.07) is -1.58. The fourth-order valence-corrected chi connectivity index (χ4v) is 7.81. The minimum Gasteiger partial charge on any atom is -0.382 e. The third kappa shape index (κ3) is 5.22. The normalized spacial score (nSPS) is 34.4. The number of nitrogen functional groups attached to an aromatic ring is 2. The van der Waals surface area contributed by atoms with Crippen molar-refractivity contribution in [3.8, 4) is 0 Å². The Hall–Kier alpha value is -3.28. The Morgan fingerprint density at radius 2 is 1.77 bits per heavy atom. The number of alkyl halides is 1. The number of hydrogen-bond acceptors (Lipinski definition) is 16. The number of rotatable bonds is 2. The molecule has 8 atom stereocenters. The van der Waals surface area contributed by atoms with Crippen LogP contribution in [0, 0.1) is 0 Å². The topological polar surface area (TPSA) is 269 Å². The summed E-state index contributed by atoms with van der Waals surface area (Å²) in [6.45, 7) is -5.43. The molecule has 6 N–H and O–H groups in total. The van der Waals surface area contributed by atoms with Crippen molar-refractivity contribution in [1.82, 2.24) is 43.8 Å². The minimum absolute atomic E-state index is 0.0259. The van der Waals surface area contributed by atoms with Gasteiger partial charge in [-0.15, -0.1) is 0 Å². The van der Waals surface area contributed by atoms with Gasteiger partial charge < -0.3 is 20.9 Å². The van der Waals surface area contributed by atoms with Crippen LogP contribution in [-0.4, -0.2) is 91.2 Å². The Morgan fingerprint density at radius 1 is 1.02 bits per heavy atom. The Kier molecular flexibility index (Phi) is 7.13. The Bertz CT molecular complexity index is 1980. The summed E-state index contributed by atoms with van der Waals surface area (Å²) in [7, 11) is -4.62. The number of fused-ring (bicyclic) bond motifs is 5. The van der Waals surface area contributed by atoms with E-state index in [9.17, 15) is 17.8 Å². The van der Waals surface area contributed by atoms with E-state index in [4.69, 9.17) is 34.2 Å². The predicted molar refractivity (Wildman–Crippen MR) is 149 cm³/mol. The fourth-order valence-electron chi connectivity index (χ4n) is 5.31. The molecule has 24 heteroatoms. The number of anilines is 2. The van der Waals surface area contributed by atoms with Crippen LogP contribution in [0.25, 0.3) is 22.3 Å². The summed E-state index contributed by atoms with van der Waals surface area (Å²) in [5, 5.41) is 0. The first-order valence-corrected chi connectivity index (χ1v) is 16.9. The molecule has 2 bridgehead atoms. The number of imidazole rings is 2. The average Bonchev–Trinajstić information content (AvgIpc) is 3.72.